The van der Waals surface area contributed by atoms with Gasteiger partial charge in [-0.2, -0.15) is 12.7 Å². The third kappa shape index (κ3) is 4.73. The SMILES string of the molecule is C=C1CN(CC(=O)NC2C3CC4CC2CC(CC(N)=O)(C4)C3)S(=O)(=O)N(c2c(Cl)cc(Cl)cc2Cl)C1. The summed E-state index contributed by atoms with van der Waals surface area (Å²) < 4.78 is 29.2. The Hall–Kier alpha value is -1.52. The van der Waals surface area contributed by atoms with Crippen LogP contribution in [0.5, 0.6) is 0 Å². The first-order valence-electron chi connectivity index (χ1n) is 12.0. The van der Waals surface area contributed by atoms with Crippen molar-refractivity contribution < 1.29 is 18.0 Å². The van der Waals surface area contributed by atoms with Crippen molar-refractivity contribution >= 4 is 62.5 Å². The first-order chi connectivity index (χ1) is 16.9. The highest BCUT2D eigenvalue weighted by Crippen LogP contribution is 2.61. The zero-order valence-corrected chi connectivity index (χ0v) is 22.8. The van der Waals surface area contributed by atoms with Crippen LogP contribution in [-0.4, -0.2) is 50.2 Å². The van der Waals surface area contributed by atoms with Crippen molar-refractivity contribution in [2.45, 2.75) is 44.6 Å². The lowest BCUT2D eigenvalue weighted by atomic mass is 9.47. The molecule has 5 fully saturated rings. The van der Waals surface area contributed by atoms with Crippen molar-refractivity contribution in [1.29, 1.82) is 0 Å². The van der Waals surface area contributed by atoms with Gasteiger partial charge in [0.05, 0.1) is 28.8 Å². The van der Waals surface area contributed by atoms with Gasteiger partial charge in [0.15, 0.2) is 0 Å². The minimum atomic E-state index is -4.11. The Morgan fingerprint density at radius 3 is 2.28 bits per heavy atom. The fourth-order valence-electron chi connectivity index (χ4n) is 7.32. The number of carbonyl (C=O) groups excluding carboxylic acids is 2. The van der Waals surface area contributed by atoms with Crippen LogP contribution in [0, 0.1) is 23.2 Å². The molecule has 0 spiro atoms. The van der Waals surface area contributed by atoms with E-state index in [1.54, 1.807) is 0 Å². The summed E-state index contributed by atoms with van der Waals surface area (Å²) in [4.78, 5) is 24.9. The summed E-state index contributed by atoms with van der Waals surface area (Å²) in [5.74, 6) is 0.482. The molecule has 6 rings (SSSR count). The number of rotatable bonds is 6. The Bertz CT molecular complexity index is 1200. The van der Waals surface area contributed by atoms with Gasteiger partial charge in [-0.25, -0.2) is 0 Å². The lowest BCUT2D eigenvalue weighted by molar-refractivity contribution is -0.134. The maximum Gasteiger partial charge on any atom is 0.305 e. The topological polar surface area (TPSA) is 113 Å². The first kappa shape index (κ1) is 26.1. The zero-order chi connectivity index (χ0) is 26.0. The van der Waals surface area contributed by atoms with Gasteiger partial charge in [0.1, 0.15) is 0 Å². The highest BCUT2D eigenvalue weighted by Gasteiger charge is 2.56. The number of amides is 2. The van der Waals surface area contributed by atoms with Gasteiger partial charge >= 0.3 is 10.2 Å². The van der Waals surface area contributed by atoms with E-state index in [-0.39, 0.29) is 75.5 Å². The lowest BCUT2D eigenvalue weighted by Gasteiger charge is -2.60. The molecule has 2 unspecified atom stereocenters. The van der Waals surface area contributed by atoms with E-state index < -0.39 is 10.2 Å². The third-order valence-corrected chi connectivity index (χ3v) is 10.8. The number of benzene rings is 1. The van der Waals surface area contributed by atoms with Crippen LogP contribution in [0.2, 0.25) is 15.1 Å². The molecule has 2 amide bonds. The molecule has 3 N–H and O–H groups in total. The number of primary amides is 1. The monoisotopic (exact) mass is 574 g/mol. The lowest BCUT2D eigenvalue weighted by Crippen LogP contribution is -2.61. The van der Waals surface area contributed by atoms with E-state index in [2.05, 4.69) is 11.9 Å². The van der Waals surface area contributed by atoms with Gasteiger partial charge in [0.2, 0.25) is 11.8 Å². The Morgan fingerprint density at radius 2 is 1.69 bits per heavy atom. The predicted molar refractivity (Wildman–Crippen MR) is 140 cm³/mol. The van der Waals surface area contributed by atoms with Gasteiger partial charge in [-0.15, -0.1) is 0 Å². The maximum absolute atomic E-state index is 13.5. The number of anilines is 1. The van der Waals surface area contributed by atoms with Crippen molar-refractivity contribution in [2.24, 2.45) is 28.9 Å². The summed E-state index contributed by atoms with van der Waals surface area (Å²) >= 11 is 18.6. The quantitative estimate of drug-likeness (QED) is 0.503. The zero-order valence-electron chi connectivity index (χ0n) is 19.7. The first-order valence-corrected chi connectivity index (χ1v) is 14.6. The smallest absolute Gasteiger partial charge is 0.305 e. The van der Waals surface area contributed by atoms with Crippen molar-refractivity contribution in [1.82, 2.24) is 9.62 Å². The van der Waals surface area contributed by atoms with E-state index >= 15 is 0 Å². The highest BCUT2D eigenvalue weighted by molar-refractivity contribution is 7.90. The molecule has 1 saturated heterocycles. The second-order valence-corrected chi connectivity index (χ2v) is 14.1. The summed E-state index contributed by atoms with van der Waals surface area (Å²) in [6.07, 6.45) is 5.20. The normalized spacial score (nSPS) is 33.1. The molecule has 8 nitrogen and oxygen atoms in total. The molecule has 0 aromatic heterocycles. The summed E-state index contributed by atoms with van der Waals surface area (Å²) in [6, 6.07) is 2.82. The van der Waals surface area contributed by atoms with Crippen LogP contribution in [0.3, 0.4) is 0 Å². The Kier molecular flexibility index (Phi) is 6.78. The Balaban J connectivity index is 1.31. The van der Waals surface area contributed by atoms with Gasteiger partial charge in [-0.3, -0.25) is 13.9 Å². The van der Waals surface area contributed by atoms with Gasteiger partial charge in [0, 0.05) is 24.0 Å². The Labute approximate surface area is 226 Å². The van der Waals surface area contributed by atoms with E-state index in [9.17, 15) is 18.0 Å². The number of nitrogens with one attached hydrogen (secondary N) is 1. The fourth-order valence-corrected chi connectivity index (χ4v) is 10.1. The number of hydrogen-bond donors (Lipinski definition) is 2. The van der Waals surface area contributed by atoms with Crippen LogP contribution in [0.15, 0.2) is 24.3 Å². The molecule has 4 aliphatic carbocycles. The largest absolute Gasteiger partial charge is 0.370 e. The van der Waals surface area contributed by atoms with Gasteiger partial charge in [-0.05, 0) is 73.0 Å². The van der Waals surface area contributed by atoms with Crippen molar-refractivity contribution in [3.8, 4) is 0 Å². The highest BCUT2D eigenvalue weighted by atomic mass is 35.5. The summed E-state index contributed by atoms with van der Waals surface area (Å²) in [6.45, 7) is 3.65. The van der Waals surface area contributed by atoms with Crippen LogP contribution in [0.4, 0.5) is 5.69 Å². The number of carbonyl (C=O) groups is 2. The predicted octanol–water partition coefficient (Wildman–Crippen LogP) is 3.76. The van der Waals surface area contributed by atoms with E-state index in [1.807, 2.05) is 0 Å². The van der Waals surface area contributed by atoms with Gasteiger partial charge in [-0.1, -0.05) is 41.4 Å². The standard InChI is InChI=1S/C24H29Cl3N4O4S/c1-13-10-30(36(34,35)31(11-13)23-18(26)4-17(25)5-19(23)27)12-21(33)29-22-15-2-14-3-16(22)8-24(6-14,7-15)9-20(28)32/h4-5,14-16,22H,1-3,6-12H2,(H2,28,32)(H,29,33). The van der Waals surface area contributed by atoms with Crippen molar-refractivity contribution in [3.63, 3.8) is 0 Å². The van der Waals surface area contributed by atoms with E-state index in [0.717, 1.165) is 40.7 Å². The van der Waals surface area contributed by atoms with Crippen molar-refractivity contribution in [2.75, 3.05) is 23.9 Å². The average molecular weight is 576 g/mol. The van der Waals surface area contributed by atoms with Gasteiger partial charge < -0.3 is 11.1 Å². The van der Waals surface area contributed by atoms with Crippen LogP contribution >= 0.6 is 34.8 Å². The molecule has 196 valence electrons. The molecule has 4 saturated carbocycles. The van der Waals surface area contributed by atoms with Crippen LogP contribution in [0.1, 0.15) is 38.5 Å². The maximum atomic E-state index is 13.5. The number of hydrogen-bond acceptors (Lipinski definition) is 4. The summed E-state index contributed by atoms with van der Waals surface area (Å²) in [5, 5.41) is 3.60. The second kappa shape index (κ2) is 9.34. The van der Waals surface area contributed by atoms with Gasteiger partial charge in [0.25, 0.3) is 0 Å². The molecular formula is C24H29Cl3N4O4S. The molecule has 5 aliphatic rings. The summed E-state index contributed by atoms with van der Waals surface area (Å²) in [5.41, 5.74) is 6.20. The van der Waals surface area contributed by atoms with Crippen molar-refractivity contribution in [3.05, 3.63) is 39.4 Å². The number of halogens is 3. The summed E-state index contributed by atoms with van der Waals surface area (Å²) in [7, 11) is -4.11. The van der Waals surface area contributed by atoms with E-state index in [1.165, 1.54) is 12.1 Å². The number of nitrogens with two attached hydrogens (primary N) is 1. The fraction of sp³-hybridized carbons (Fsp3) is 0.583. The van der Waals surface area contributed by atoms with Crippen LogP contribution < -0.4 is 15.4 Å². The molecule has 1 aromatic carbocycles. The minimum absolute atomic E-state index is 0.00235. The van der Waals surface area contributed by atoms with E-state index in [4.69, 9.17) is 40.5 Å². The minimum Gasteiger partial charge on any atom is -0.370 e. The average Bonchev–Trinajstić information content (AvgIpc) is 2.72. The van der Waals surface area contributed by atoms with Crippen LogP contribution in [-0.2, 0) is 19.8 Å². The molecule has 2 atom stereocenters. The molecule has 12 heteroatoms. The third-order valence-electron chi connectivity index (χ3n) is 8.20. The number of nitrogens with zero attached hydrogens (tertiary/aromatic N) is 2. The molecule has 1 aromatic rings. The molecule has 1 aliphatic heterocycles. The second-order valence-electron chi connectivity index (χ2n) is 11.0. The Morgan fingerprint density at radius 1 is 1.08 bits per heavy atom. The molecule has 4 bridgehead atoms. The molecular weight excluding hydrogens is 547 g/mol. The van der Waals surface area contributed by atoms with Crippen LogP contribution in [0.25, 0.3) is 0 Å². The molecule has 36 heavy (non-hydrogen) atoms. The molecule has 0 radical (unpaired) electrons. The van der Waals surface area contributed by atoms with E-state index in [0.29, 0.717) is 17.9 Å². The molecule has 1 heterocycles.